The van der Waals surface area contributed by atoms with Crippen molar-refractivity contribution in [3.05, 3.63) is 0 Å². The number of aliphatic hydroxyl groups is 3. The standard InChI is InChI=1S/C11H20N3O6/c1-5(17)8(12)10(19)14-9(6(2)18)11(20)13-7(3-15)4-16/h5-9,15,17-18H,3,12H2,1-2H3,(H,13,20)(H,14,19)/t5-,6-,7+,8+,9+/m1/s1. The average Bonchev–Trinajstić information content (AvgIpc) is 2.39. The van der Waals surface area contributed by atoms with Gasteiger partial charge in [0.15, 0.2) is 0 Å². The Hall–Kier alpha value is -1.55. The summed E-state index contributed by atoms with van der Waals surface area (Å²) in [4.78, 5) is 33.8. The molecule has 0 bridgehead atoms. The lowest BCUT2D eigenvalue weighted by atomic mass is 10.1. The smallest absolute Gasteiger partial charge is 0.245 e. The molecule has 115 valence electrons. The Morgan fingerprint density at radius 2 is 1.70 bits per heavy atom. The second kappa shape index (κ2) is 8.59. The van der Waals surface area contributed by atoms with E-state index in [1.807, 2.05) is 0 Å². The molecular formula is C11H20N3O6. The fourth-order valence-electron chi connectivity index (χ4n) is 1.25. The summed E-state index contributed by atoms with van der Waals surface area (Å²) >= 11 is 0. The topological polar surface area (TPSA) is 162 Å². The van der Waals surface area contributed by atoms with Crippen LogP contribution in [-0.4, -0.2) is 70.4 Å². The highest BCUT2D eigenvalue weighted by molar-refractivity contribution is 5.91. The molecule has 0 aliphatic rings. The Morgan fingerprint density at radius 1 is 1.15 bits per heavy atom. The Morgan fingerprint density at radius 3 is 2.05 bits per heavy atom. The molecule has 9 heteroatoms. The van der Waals surface area contributed by atoms with Crippen LogP contribution >= 0.6 is 0 Å². The van der Waals surface area contributed by atoms with E-state index in [9.17, 15) is 19.5 Å². The van der Waals surface area contributed by atoms with Gasteiger partial charge in [0, 0.05) is 0 Å². The lowest BCUT2D eigenvalue weighted by Crippen LogP contribution is -2.59. The van der Waals surface area contributed by atoms with Crippen LogP contribution in [0.1, 0.15) is 13.8 Å². The van der Waals surface area contributed by atoms with Crippen molar-refractivity contribution >= 4 is 18.1 Å². The van der Waals surface area contributed by atoms with Crippen molar-refractivity contribution in [3.8, 4) is 0 Å². The summed E-state index contributed by atoms with van der Waals surface area (Å²) in [7, 11) is 0. The van der Waals surface area contributed by atoms with Crippen molar-refractivity contribution in [1.29, 1.82) is 0 Å². The average molecular weight is 290 g/mol. The number of hydrogen-bond acceptors (Lipinski definition) is 7. The van der Waals surface area contributed by atoms with Gasteiger partial charge in [-0.25, -0.2) is 0 Å². The van der Waals surface area contributed by atoms with Gasteiger partial charge < -0.3 is 31.7 Å². The minimum absolute atomic E-state index is 0.664. The second-order valence-electron chi connectivity index (χ2n) is 4.35. The highest BCUT2D eigenvalue weighted by Gasteiger charge is 2.30. The lowest BCUT2D eigenvalue weighted by Gasteiger charge is -2.24. The van der Waals surface area contributed by atoms with Gasteiger partial charge in [-0.2, -0.15) is 0 Å². The summed E-state index contributed by atoms with van der Waals surface area (Å²) in [5.74, 6) is -1.72. The van der Waals surface area contributed by atoms with Crippen LogP contribution in [0.15, 0.2) is 0 Å². The third kappa shape index (κ3) is 5.61. The van der Waals surface area contributed by atoms with Crippen molar-refractivity contribution in [2.75, 3.05) is 6.61 Å². The Bertz CT molecular complexity index is 347. The zero-order chi connectivity index (χ0) is 15.9. The molecule has 0 saturated heterocycles. The zero-order valence-corrected chi connectivity index (χ0v) is 11.2. The molecule has 7 N–H and O–H groups in total. The quantitative estimate of drug-likeness (QED) is 0.266. The molecule has 1 radical (unpaired) electrons. The minimum atomic E-state index is -1.38. The largest absolute Gasteiger partial charge is 0.394 e. The monoisotopic (exact) mass is 290 g/mol. The number of hydrogen-bond donors (Lipinski definition) is 6. The van der Waals surface area contributed by atoms with Gasteiger partial charge in [-0.3, -0.25) is 14.4 Å². The predicted octanol–water partition coefficient (Wildman–Crippen LogP) is -3.85. The Balaban J connectivity index is 4.77. The van der Waals surface area contributed by atoms with Crippen LogP contribution in [-0.2, 0) is 14.4 Å². The molecule has 2 amide bonds. The van der Waals surface area contributed by atoms with Crippen LogP contribution in [0.25, 0.3) is 0 Å². The predicted molar refractivity (Wildman–Crippen MR) is 68.0 cm³/mol. The van der Waals surface area contributed by atoms with E-state index in [1.165, 1.54) is 20.1 Å². The maximum Gasteiger partial charge on any atom is 0.245 e. The van der Waals surface area contributed by atoms with Crippen LogP contribution in [0.5, 0.6) is 0 Å². The van der Waals surface area contributed by atoms with Gasteiger partial charge in [0.25, 0.3) is 0 Å². The van der Waals surface area contributed by atoms with Crippen LogP contribution in [0.4, 0.5) is 0 Å². The third-order valence-corrected chi connectivity index (χ3v) is 2.53. The molecule has 0 aliphatic carbocycles. The first-order valence-electron chi connectivity index (χ1n) is 5.95. The first-order chi connectivity index (χ1) is 9.24. The molecular weight excluding hydrogens is 270 g/mol. The van der Waals surface area contributed by atoms with Gasteiger partial charge in [0.2, 0.25) is 18.1 Å². The fourth-order valence-corrected chi connectivity index (χ4v) is 1.25. The number of amides is 2. The van der Waals surface area contributed by atoms with Crippen LogP contribution < -0.4 is 16.4 Å². The van der Waals surface area contributed by atoms with Crippen molar-refractivity contribution in [2.45, 2.75) is 44.2 Å². The summed E-state index contributed by atoms with van der Waals surface area (Å²) in [5, 5.41) is 31.6. The van der Waals surface area contributed by atoms with Crippen molar-refractivity contribution in [3.63, 3.8) is 0 Å². The van der Waals surface area contributed by atoms with E-state index in [2.05, 4.69) is 10.6 Å². The van der Waals surface area contributed by atoms with Gasteiger partial charge >= 0.3 is 0 Å². The first kappa shape index (κ1) is 18.4. The molecule has 5 atom stereocenters. The minimum Gasteiger partial charge on any atom is -0.394 e. The number of carbonyl (C=O) groups is 2. The highest BCUT2D eigenvalue weighted by Crippen LogP contribution is 1.97. The highest BCUT2D eigenvalue weighted by atomic mass is 16.3. The van der Waals surface area contributed by atoms with Crippen molar-refractivity contribution < 1.29 is 29.7 Å². The van der Waals surface area contributed by atoms with E-state index in [1.54, 1.807) is 0 Å². The summed E-state index contributed by atoms with van der Waals surface area (Å²) in [6, 6.07) is -3.91. The molecule has 0 heterocycles. The second-order valence-corrected chi connectivity index (χ2v) is 4.35. The number of nitrogens with two attached hydrogens (primary N) is 1. The van der Waals surface area contributed by atoms with Crippen molar-refractivity contribution in [1.82, 2.24) is 10.6 Å². The van der Waals surface area contributed by atoms with Gasteiger partial charge in [-0.05, 0) is 13.8 Å². The molecule has 0 saturated carbocycles. The van der Waals surface area contributed by atoms with E-state index in [0.717, 1.165) is 0 Å². The molecule has 20 heavy (non-hydrogen) atoms. The van der Waals surface area contributed by atoms with Gasteiger partial charge in [0.05, 0.1) is 18.8 Å². The number of rotatable bonds is 8. The van der Waals surface area contributed by atoms with Gasteiger partial charge in [0.1, 0.15) is 18.1 Å². The molecule has 0 rings (SSSR count). The molecule has 0 spiro atoms. The van der Waals surface area contributed by atoms with Crippen LogP contribution in [0.3, 0.4) is 0 Å². The maximum atomic E-state index is 11.8. The first-order valence-corrected chi connectivity index (χ1v) is 5.95. The number of nitrogens with one attached hydrogen (secondary N) is 2. The molecule has 0 aliphatic heterocycles. The van der Waals surface area contributed by atoms with E-state index < -0.39 is 48.8 Å². The van der Waals surface area contributed by atoms with E-state index in [-0.39, 0.29) is 0 Å². The van der Waals surface area contributed by atoms with Gasteiger partial charge in [-0.15, -0.1) is 0 Å². The molecule has 0 aromatic rings. The fraction of sp³-hybridized carbons (Fsp3) is 0.727. The molecule has 0 unspecified atom stereocenters. The summed E-state index contributed by atoms with van der Waals surface area (Å²) < 4.78 is 0. The summed E-state index contributed by atoms with van der Waals surface area (Å²) in [6.45, 7) is 1.88. The maximum absolute atomic E-state index is 11.8. The van der Waals surface area contributed by atoms with E-state index >= 15 is 0 Å². The summed E-state index contributed by atoms with van der Waals surface area (Å²) in [5.41, 5.74) is 5.38. The Labute approximate surface area is 116 Å². The van der Waals surface area contributed by atoms with Crippen LogP contribution in [0, 0.1) is 0 Å². The molecule has 0 aromatic carbocycles. The molecule has 0 aromatic heterocycles. The van der Waals surface area contributed by atoms with E-state index in [4.69, 9.17) is 15.9 Å². The van der Waals surface area contributed by atoms with Crippen molar-refractivity contribution in [2.24, 2.45) is 5.73 Å². The van der Waals surface area contributed by atoms with Crippen LogP contribution in [0.2, 0.25) is 0 Å². The SMILES string of the molecule is C[C@@H](O)[C@H](N)C(=O)N[C@H](C(=O)N[C@H]([C]=O)CO)[C@@H](C)O. The third-order valence-electron chi connectivity index (χ3n) is 2.53. The van der Waals surface area contributed by atoms with E-state index in [0.29, 0.717) is 0 Å². The lowest BCUT2D eigenvalue weighted by molar-refractivity contribution is -0.133. The zero-order valence-electron chi connectivity index (χ0n) is 11.2. The molecule has 0 fully saturated rings. The normalized spacial score (nSPS) is 18.3. The number of carbonyl (C=O) groups excluding carboxylic acids is 3. The number of aliphatic hydroxyl groups excluding tert-OH is 3. The Kier molecular flexibility index (Phi) is 7.92. The summed E-state index contributed by atoms with van der Waals surface area (Å²) in [6.07, 6.45) is -1.03. The van der Waals surface area contributed by atoms with Gasteiger partial charge in [-0.1, -0.05) is 0 Å². The molecule has 9 nitrogen and oxygen atoms in total.